The van der Waals surface area contributed by atoms with Crippen molar-refractivity contribution in [1.29, 1.82) is 0 Å². The fourth-order valence-electron chi connectivity index (χ4n) is 1.66. The minimum atomic E-state index is -0.802. The number of nitrogens with two attached hydrogens (primary N) is 6. The van der Waals surface area contributed by atoms with E-state index in [9.17, 15) is 28.8 Å². The van der Waals surface area contributed by atoms with Crippen LogP contribution >= 0.6 is 0 Å². The van der Waals surface area contributed by atoms with Gasteiger partial charge in [-0.05, 0) is 0 Å². The predicted octanol–water partition coefficient (Wildman–Crippen LogP) is -7.26. The average Bonchev–Trinajstić information content (AvgIpc) is 2.64. The van der Waals surface area contributed by atoms with Gasteiger partial charge in [-0.3, -0.25) is 29.9 Å². The first-order valence-electron chi connectivity index (χ1n) is 8.64. The summed E-state index contributed by atoms with van der Waals surface area (Å²) in [6.45, 7) is 0. The van der Waals surface area contributed by atoms with Crippen molar-refractivity contribution in [3.05, 3.63) is 62.9 Å². The normalized spacial score (nSPS) is 9.33. The molecule has 0 aliphatic carbocycles. The third kappa shape index (κ3) is 11.3. The van der Waals surface area contributed by atoms with E-state index < -0.39 is 34.1 Å². The van der Waals surface area contributed by atoms with Crippen molar-refractivity contribution < 1.29 is 0 Å². The van der Waals surface area contributed by atoms with E-state index in [1.54, 1.807) is 15.0 Å². The Bertz CT molecular complexity index is 1460. The Labute approximate surface area is 193 Å². The Kier molecular flexibility index (Phi) is 9.70. The fraction of sp³-hybridized carbons (Fsp3) is 0. The number of nitrogen functional groups attached to an aromatic ring is 6. The summed E-state index contributed by atoms with van der Waals surface area (Å²) >= 11 is 0. The van der Waals surface area contributed by atoms with Crippen LogP contribution in [-0.4, -0.2) is 59.8 Å². The van der Waals surface area contributed by atoms with Gasteiger partial charge in [0.25, 0.3) is 0 Å². The van der Waals surface area contributed by atoms with E-state index in [1.165, 1.54) is 0 Å². The highest BCUT2D eigenvalue weighted by molar-refractivity contribution is 5.33. The van der Waals surface area contributed by atoms with Gasteiger partial charge in [0.2, 0.25) is 35.7 Å². The van der Waals surface area contributed by atoms with Gasteiger partial charge in [-0.1, -0.05) is 0 Å². The second kappa shape index (κ2) is 12.6. The first-order valence-corrected chi connectivity index (χ1v) is 8.64. The number of anilines is 6. The zero-order valence-electron chi connectivity index (χ0n) is 17.6. The first-order chi connectivity index (χ1) is 16.7. The van der Waals surface area contributed by atoms with Gasteiger partial charge in [-0.2, -0.15) is 29.9 Å². The summed E-state index contributed by atoms with van der Waals surface area (Å²) < 4.78 is 0. The zero-order valence-corrected chi connectivity index (χ0v) is 17.6. The lowest BCUT2D eigenvalue weighted by molar-refractivity contribution is 0.888. The van der Waals surface area contributed by atoms with Crippen molar-refractivity contribution in [2.45, 2.75) is 0 Å². The molecule has 4 rings (SSSR count). The maximum Gasteiger partial charge on any atom is 0.352 e. The molecule has 0 aliphatic rings. The third-order valence-electron chi connectivity index (χ3n) is 2.74. The van der Waals surface area contributed by atoms with Gasteiger partial charge in [0.15, 0.2) is 0 Å². The maximum atomic E-state index is 10.3. The number of nitrogens with one attached hydrogen (secondary N) is 6. The molecule has 0 aromatic carbocycles. The van der Waals surface area contributed by atoms with Crippen molar-refractivity contribution in [1.82, 2.24) is 59.8 Å². The number of hydrogen-bond acceptors (Lipinski definition) is 18. The van der Waals surface area contributed by atoms with Gasteiger partial charge in [0.05, 0.1) is 0 Å². The SMILES string of the molecule is Nc1nc(=O)[nH]c(=O)[nH]1.Nc1nc(N)[nH]c(=O)n1.Nc1nc(N)nc(N)n1.O=c1[nH]c(=O)[nH]c(=O)[nH]1. The summed E-state index contributed by atoms with van der Waals surface area (Å²) in [7, 11) is 0. The molecule has 0 fully saturated rings. The van der Waals surface area contributed by atoms with E-state index in [0.29, 0.717) is 0 Å². The summed E-state index contributed by atoms with van der Waals surface area (Å²) in [6.07, 6.45) is 0. The van der Waals surface area contributed by atoms with Crippen molar-refractivity contribution >= 4 is 35.7 Å². The van der Waals surface area contributed by atoms with Gasteiger partial charge in [-0.15, -0.1) is 0 Å². The first kappa shape index (κ1) is 27.7. The van der Waals surface area contributed by atoms with Crippen LogP contribution < -0.4 is 68.5 Å². The molecule has 0 spiro atoms. The van der Waals surface area contributed by atoms with Gasteiger partial charge in [-0.25, -0.2) is 28.8 Å². The summed E-state index contributed by atoms with van der Waals surface area (Å²) in [5.41, 5.74) is 26.1. The molecular formula is C12H18N18O6. The second-order valence-electron chi connectivity index (χ2n) is 5.55. The molecule has 18 N–H and O–H groups in total. The Balaban J connectivity index is 0.000000240. The van der Waals surface area contributed by atoms with E-state index in [-0.39, 0.29) is 35.7 Å². The smallest absolute Gasteiger partial charge is 0.352 e. The monoisotopic (exact) mass is 510 g/mol. The van der Waals surface area contributed by atoms with Crippen molar-refractivity contribution in [3.8, 4) is 0 Å². The predicted molar refractivity (Wildman–Crippen MR) is 123 cm³/mol. The van der Waals surface area contributed by atoms with Gasteiger partial charge in [0, 0.05) is 0 Å². The third-order valence-corrected chi connectivity index (χ3v) is 2.74. The molecule has 0 atom stereocenters. The summed E-state index contributed by atoms with van der Waals surface area (Å²) in [5.74, 6) is -0.187. The molecule has 0 unspecified atom stereocenters. The van der Waals surface area contributed by atoms with E-state index in [0.717, 1.165) is 0 Å². The van der Waals surface area contributed by atoms with Crippen molar-refractivity contribution in [2.24, 2.45) is 0 Å². The van der Waals surface area contributed by atoms with E-state index in [2.05, 4.69) is 39.9 Å². The molecule has 4 aromatic heterocycles. The molecule has 0 saturated carbocycles. The molecule has 192 valence electrons. The zero-order chi connectivity index (χ0) is 27.4. The molecule has 0 amide bonds. The van der Waals surface area contributed by atoms with Crippen LogP contribution in [0.15, 0.2) is 28.8 Å². The number of rotatable bonds is 0. The van der Waals surface area contributed by atoms with Gasteiger partial charge < -0.3 is 34.4 Å². The Morgan fingerprint density at radius 2 is 0.694 bits per heavy atom. The summed E-state index contributed by atoms with van der Waals surface area (Å²) in [6, 6.07) is 0. The van der Waals surface area contributed by atoms with Crippen LogP contribution in [0.3, 0.4) is 0 Å². The van der Waals surface area contributed by atoms with Crippen LogP contribution in [0.1, 0.15) is 0 Å². The second-order valence-corrected chi connectivity index (χ2v) is 5.55. The number of H-pyrrole nitrogens is 6. The minimum absolute atomic E-state index is 0.0208. The van der Waals surface area contributed by atoms with Gasteiger partial charge in [0.1, 0.15) is 0 Å². The largest absolute Gasteiger partial charge is 0.369 e. The molecule has 4 aromatic rings. The van der Waals surface area contributed by atoms with Crippen LogP contribution in [-0.2, 0) is 0 Å². The maximum absolute atomic E-state index is 10.3. The molecule has 0 bridgehead atoms. The highest BCUT2D eigenvalue weighted by Crippen LogP contribution is 1.97. The number of aromatic amines is 6. The quantitative estimate of drug-likeness (QED) is 0.104. The molecule has 24 heteroatoms. The van der Waals surface area contributed by atoms with E-state index in [4.69, 9.17) is 34.4 Å². The average molecular weight is 510 g/mol. The number of hydrogen-bond donors (Lipinski definition) is 12. The standard InChI is InChI=1S/C3H6N6.C3H5N5O.C3H4N4O2.C3H3N3O3/c4-1-7-2(5)9-3(6)8-1;4-1-6-2(5)8-3(9)7-1;4-1-5-2(8)7-3(9)6-1;7-1-4-2(8)6-3(9)5-1/h(H6,4,5,6,7,8,9);(H5,4,5,6,7,8,9);(H4,4,5,6,7,8,9);(H3,4,5,6,7,8,9). The summed E-state index contributed by atoms with van der Waals surface area (Å²) in [4.78, 5) is 93.1. The van der Waals surface area contributed by atoms with Crippen LogP contribution in [0, 0.1) is 0 Å². The Morgan fingerprint density at radius 3 is 1.03 bits per heavy atom. The van der Waals surface area contributed by atoms with Gasteiger partial charge >= 0.3 is 34.1 Å². The molecular weight excluding hydrogens is 492 g/mol. The van der Waals surface area contributed by atoms with Crippen LogP contribution in [0.25, 0.3) is 0 Å². The summed E-state index contributed by atoms with van der Waals surface area (Å²) in [5, 5.41) is 0. The van der Waals surface area contributed by atoms with E-state index >= 15 is 0 Å². The molecule has 36 heavy (non-hydrogen) atoms. The lowest BCUT2D eigenvalue weighted by Crippen LogP contribution is -2.34. The van der Waals surface area contributed by atoms with Crippen LogP contribution in [0.4, 0.5) is 35.7 Å². The molecule has 0 saturated heterocycles. The Morgan fingerprint density at radius 1 is 0.361 bits per heavy atom. The highest BCUT2D eigenvalue weighted by atomic mass is 16.2. The number of aromatic nitrogens is 12. The molecule has 4 heterocycles. The lowest BCUT2D eigenvalue weighted by Gasteiger charge is -1.93. The highest BCUT2D eigenvalue weighted by Gasteiger charge is 1.94. The molecule has 0 aliphatic heterocycles. The minimum Gasteiger partial charge on any atom is -0.369 e. The van der Waals surface area contributed by atoms with Crippen molar-refractivity contribution in [2.75, 3.05) is 34.4 Å². The Hall–Kier alpha value is -6.36. The molecule has 24 nitrogen and oxygen atoms in total. The van der Waals surface area contributed by atoms with Crippen LogP contribution in [0.5, 0.6) is 0 Å². The fourth-order valence-corrected chi connectivity index (χ4v) is 1.66. The lowest BCUT2D eigenvalue weighted by atomic mass is 10.9. The van der Waals surface area contributed by atoms with E-state index in [1.807, 2.05) is 4.98 Å². The number of nitrogens with zero attached hydrogens (tertiary/aromatic N) is 6. The molecule has 0 radical (unpaired) electrons. The topological polar surface area (TPSA) is 431 Å². The van der Waals surface area contributed by atoms with Crippen LogP contribution in [0.2, 0.25) is 0 Å². The van der Waals surface area contributed by atoms with Crippen molar-refractivity contribution in [3.63, 3.8) is 0 Å².